The van der Waals surface area contributed by atoms with Crippen molar-refractivity contribution >= 4 is 23.2 Å². The maximum atomic E-state index is 6.46. The van der Waals surface area contributed by atoms with Crippen LogP contribution in [0.2, 0.25) is 0 Å². The summed E-state index contributed by atoms with van der Waals surface area (Å²) in [6.45, 7) is 2.10. The van der Waals surface area contributed by atoms with E-state index in [1.165, 1.54) is 18.2 Å². The molecule has 0 radical (unpaired) electrons. The Kier molecular flexibility index (Phi) is 4.61. The van der Waals surface area contributed by atoms with Crippen molar-refractivity contribution in [2.45, 2.75) is 44.1 Å². The molecular weight excluding hydrogens is 322 g/mol. The predicted octanol–water partition coefficient (Wildman–Crippen LogP) is 4.69. The number of hydrogen-bond donors (Lipinski definition) is 1. The molecular formula is C19H22ClN3O. The van der Waals surface area contributed by atoms with E-state index in [1.54, 1.807) is 0 Å². The first-order valence-electron chi connectivity index (χ1n) is 8.26. The van der Waals surface area contributed by atoms with E-state index in [4.69, 9.17) is 15.2 Å². The zero-order valence-corrected chi connectivity index (χ0v) is 14.6. The third-order valence-electron chi connectivity index (χ3n) is 5.02. The largest absolute Gasteiger partial charge is 0.339 e. The Balaban J connectivity index is 0.00000169. The summed E-state index contributed by atoms with van der Waals surface area (Å²) in [6, 6.07) is 14.4. The van der Waals surface area contributed by atoms with Gasteiger partial charge in [0, 0.05) is 11.1 Å². The summed E-state index contributed by atoms with van der Waals surface area (Å²) in [5, 5.41) is 6.55. The van der Waals surface area contributed by atoms with Crippen LogP contribution in [0.5, 0.6) is 0 Å². The van der Waals surface area contributed by atoms with Crippen LogP contribution in [-0.4, -0.2) is 15.7 Å². The SMILES string of the molecule is CC1(N)CCCCC1c1nc(-c2cccc3ccccc23)no1.Cl. The van der Waals surface area contributed by atoms with E-state index in [0.717, 1.165) is 23.8 Å². The van der Waals surface area contributed by atoms with Gasteiger partial charge in [-0.25, -0.2) is 0 Å². The first-order chi connectivity index (χ1) is 11.1. The van der Waals surface area contributed by atoms with Crippen molar-refractivity contribution in [2.24, 2.45) is 5.73 Å². The Hall–Kier alpha value is -1.91. The highest BCUT2D eigenvalue weighted by Crippen LogP contribution is 2.39. The third kappa shape index (κ3) is 2.92. The highest BCUT2D eigenvalue weighted by molar-refractivity contribution is 5.94. The number of halogens is 1. The Labute approximate surface area is 147 Å². The Morgan fingerprint density at radius 3 is 2.75 bits per heavy atom. The van der Waals surface area contributed by atoms with E-state index in [1.807, 2.05) is 24.3 Å². The molecule has 1 aromatic heterocycles. The second-order valence-electron chi connectivity index (χ2n) is 6.79. The lowest BCUT2D eigenvalue weighted by molar-refractivity contribution is 0.223. The van der Waals surface area contributed by atoms with Crippen molar-refractivity contribution in [1.29, 1.82) is 0 Å². The van der Waals surface area contributed by atoms with Crippen LogP contribution in [0.25, 0.3) is 22.2 Å². The van der Waals surface area contributed by atoms with E-state index in [-0.39, 0.29) is 23.9 Å². The van der Waals surface area contributed by atoms with E-state index >= 15 is 0 Å². The minimum Gasteiger partial charge on any atom is -0.339 e. The summed E-state index contributed by atoms with van der Waals surface area (Å²) in [5.74, 6) is 1.48. The summed E-state index contributed by atoms with van der Waals surface area (Å²) in [4.78, 5) is 4.69. The number of nitrogens with zero attached hydrogens (tertiary/aromatic N) is 2. The maximum Gasteiger partial charge on any atom is 0.231 e. The number of rotatable bonds is 2. The van der Waals surface area contributed by atoms with E-state index in [0.29, 0.717) is 11.7 Å². The van der Waals surface area contributed by atoms with Crippen molar-refractivity contribution in [3.05, 3.63) is 48.4 Å². The van der Waals surface area contributed by atoms with Gasteiger partial charge in [-0.3, -0.25) is 0 Å². The fraction of sp³-hybridized carbons (Fsp3) is 0.368. The molecule has 5 heteroatoms. The normalized spacial score (nSPS) is 23.8. The second-order valence-corrected chi connectivity index (χ2v) is 6.79. The first-order valence-corrected chi connectivity index (χ1v) is 8.26. The van der Waals surface area contributed by atoms with Crippen molar-refractivity contribution < 1.29 is 4.52 Å². The van der Waals surface area contributed by atoms with Gasteiger partial charge in [-0.2, -0.15) is 4.98 Å². The minimum absolute atomic E-state index is 0. The summed E-state index contributed by atoms with van der Waals surface area (Å²) in [6.07, 6.45) is 4.37. The first kappa shape index (κ1) is 16.9. The van der Waals surface area contributed by atoms with Gasteiger partial charge in [-0.15, -0.1) is 12.4 Å². The van der Waals surface area contributed by atoms with Crippen LogP contribution in [0.15, 0.2) is 47.0 Å². The van der Waals surface area contributed by atoms with Crippen LogP contribution in [0, 0.1) is 0 Å². The van der Waals surface area contributed by atoms with Gasteiger partial charge in [-0.1, -0.05) is 60.5 Å². The van der Waals surface area contributed by atoms with Crippen molar-refractivity contribution in [3.8, 4) is 11.4 Å². The molecule has 0 bridgehead atoms. The molecule has 1 aliphatic carbocycles. The Bertz CT molecular complexity index is 838. The van der Waals surface area contributed by atoms with Gasteiger partial charge in [-0.05, 0) is 30.5 Å². The lowest BCUT2D eigenvalue weighted by Gasteiger charge is -2.35. The van der Waals surface area contributed by atoms with Crippen LogP contribution >= 0.6 is 12.4 Å². The molecule has 4 rings (SSSR count). The zero-order chi connectivity index (χ0) is 15.9. The van der Waals surface area contributed by atoms with Crippen molar-refractivity contribution in [1.82, 2.24) is 10.1 Å². The molecule has 24 heavy (non-hydrogen) atoms. The highest BCUT2D eigenvalue weighted by atomic mass is 35.5. The molecule has 2 aromatic carbocycles. The molecule has 1 heterocycles. The number of hydrogen-bond acceptors (Lipinski definition) is 4. The summed E-state index contributed by atoms with van der Waals surface area (Å²) >= 11 is 0. The predicted molar refractivity (Wildman–Crippen MR) is 98.3 cm³/mol. The molecule has 2 N–H and O–H groups in total. The molecule has 0 aliphatic heterocycles. The third-order valence-corrected chi connectivity index (χ3v) is 5.02. The summed E-state index contributed by atoms with van der Waals surface area (Å²) < 4.78 is 5.60. The number of fused-ring (bicyclic) bond motifs is 1. The van der Waals surface area contributed by atoms with Crippen LogP contribution in [-0.2, 0) is 0 Å². The molecule has 2 atom stereocenters. The van der Waals surface area contributed by atoms with Gasteiger partial charge in [0.15, 0.2) is 0 Å². The Morgan fingerprint density at radius 2 is 1.92 bits per heavy atom. The van der Waals surface area contributed by atoms with Gasteiger partial charge in [0.25, 0.3) is 0 Å². The van der Waals surface area contributed by atoms with Crippen LogP contribution in [0.4, 0.5) is 0 Å². The smallest absolute Gasteiger partial charge is 0.231 e. The standard InChI is InChI=1S/C19H21N3O.ClH/c1-19(20)12-5-4-11-16(19)18-21-17(22-23-18)15-10-6-8-13-7-2-3-9-14(13)15;/h2-3,6-10,16H,4-5,11-12,20H2,1H3;1H. The fourth-order valence-corrected chi connectivity index (χ4v) is 3.67. The van der Waals surface area contributed by atoms with E-state index in [2.05, 4.69) is 30.3 Å². The fourth-order valence-electron chi connectivity index (χ4n) is 3.67. The van der Waals surface area contributed by atoms with Gasteiger partial charge in [0.2, 0.25) is 11.7 Å². The Morgan fingerprint density at radius 1 is 1.12 bits per heavy atom. The topological polar surface area (TPSA) is 64.9 Å². The molecule has 1 saturated carbocycles. The lowest BCUT2D eigenvalue weighted by Crippen LogP contribution is -2.44. The van der Waals surface area contributed by atoms with Crippen molar-refractivity contribution in [3.63, 3.8) is 0 Å². The quantitative estimate of drug-likeness (QED) is 0.733. The molecule has 4 nitrogen and oxygen atoms in total. The monoisotopic (exact) mass is 343 g/mol. The highest BCUT2D eigenvalue weighted by Gasteiger charge is 2.37. The molecule has 1 fully saturated rings. The molecule has 0 amide bonds. The van der Waals surface area contributed by atoms with Crippen molar-refractivity contribution in [2.75, 3.05) is 0 Å². The number of benzene rings is 2. The minimum atomic E-state index is -0.263. The lowest BCUT2D eigenvalue weighted by atomic mass is 9.74. The molecule has 126 valence electrons. The number of aromatic nitrogens is 2. The maximum absolute atomic E-state index is 6.46. The van der Waals surface area contributed by atoms with Gasteiger partial charge in [0.1, 0.15) is 0 Å². The second kappa shape index (κ2) is 6.54. The zero-order valence-electron chi connectivity index (χ0n) is 13.7. The number of nitrogens with two attached hydrogens (primary N) is 1. The molecule has 0 spiro atoms. The van der Waals surface area contributed by atoms with E-state index < -0.39 is 0 Å². The average Bonchev–Trinajstić information content (AvgIpc) is 3.03. The average molecular weight is 344 g/mol. The summed E-state index contributed by atoms with van der Waals surface area (Å²) in [5.41, 5.74) is 7.21. The molecule has 0 saturated heterocycles. The molecule has 3 aromatic rings. The summed E-state index contributed by atoms with van der Waals surface area (Å²) in [7, 11) is 0. The molecule has 2 unspecified atom stereocenters. The van der Waals surface area contributed by atoms with Crippen LogP contribution in [0.1, 0.15) is 44.4 Å². The van der Waals surface area contributed by atoms with E-state index in [9.17, 15) is 0 Å². The van der Waals surface area contributed by atoms with Crippen LogP contribution in [0.3, 0.4) is 0 Å². The van der Waals surface area contributed by atoms with Gasteiger partial charge < -0.3 is 10.3 Å². The molecule has 1 aliphatic rings. The van der Waals surface area contributed by atoms with Gasteiger partial charge >= 0.3 is 0 Å². The van der Waals surface area contributed by atoms with Crippen LogP contribution < -0.4 is 5.73 Å². The van der Waals surface area contributed by atoms with Gasteiger partial charge in [0.05, 0.1) is 5.92 Å².